The molecule has 0 saturated heterocycles. The molecular weight excluding hydrogens is 384 g/mol. The number of carbonyl (C=O) groups is 1. The zero-order chi connectivity index (χ0) is 21.3. The monoisotopic (exact) mass is 412 g/mol. The lowest BCUT2D eigenvalue weighted by Crippen LogP contribution is -2.22. The summed E-state index contributed by atoms with van der Waals surface area (Å²) < 4.78 is 6.14. The van der Waals surface area contributed by atoms with Crippen molar-refractivity contribution >= 4 is 22.9 Å². The summed E-state index contributed by atoms with van der Waals surface area (Å²) in [6, 6.07) is 22.4. The zero-order valence-corrected chi connectivity index (χ0v) is 17.9. The quantitative estimate of drug-likeness (QED) is 0.417. The second-order valence-corrected chi connectivity index (χ2v) is 9.03. The molecule has 4 nitrogen and oxygen atoms in total. The molecule has 31 heavy (non-hydrogen) atoms. The number of hydrazone groups is 1. The van der Waals surface area contributed by atoms with Crippen molar-refractivity contribution in [2.24, 2.45) is 22.4 Å². The van der Waals surface area contributed by atoms with Crippen LogP contribution in [-0.4, -0.2) is 12.1 Å². The Balaban J connectivity index is 1.25. The smallest absolute Gasteiger partial charge is 0.244 e. The highest BCUT2D eigenvalue weighted by molar-refractivity contribution is 5.87. The molecule has 2 aliphatic rings. The Kier molecular flexibility index (Phi) is 5.23. The van der Waals surface area contributed by atoms with Gasteiger partial charge in [0, 0.05) is 11.5 Å². The van der Waals surface area contributed by atoms with Crippen LogP contribution < -0.4 is 10.2 Å². The Morgan fingerprint density at radius 1 is 1.10 bits per heavy atom. The van der Waals surface area contributed by atoms with Gasteiger partial charge in [0.1, 0.15) is 12.4 Å². The maximum absolute atomic E-state index is 12.6. The van der Waals surface area contributed by atoms with Crippen LogP contribution in [-0.2, 0) is 11.4 Å². The first-order valence-corrected chi connectivity index (χ1v) is 11.2. The fraction of sp³-hybridized carbons (Fsp3) is 0.333. The third-order valence-corrected chi connectivity index (χ3v) is 7.17. The summed E-state index contributed by atoms with van der Waals surface area (Å²) in [7, 11) is 0. The third-order valence-electron chi connectivity index (χ3n) is 7.17. The maximum atomic E-state index is 12.6. The van der Waals surface area contributed by atoms with E-state index in [4.69, 9.17) is 4.74 Å². The van der Waals surface area contributed by atoms with Gasteiger partial charge in [0.15, 0.2) is 0 Å². The Hall–Kier alpha value is -3.14. The number of carbonyl (C=O) groups excluding carboxylic acids is 1. The largest absolute Gasteiger partial charge is 0.488 e. The van der Waals surface area contributed by atoms with Gasteiger partial charge < -0.3 is 4.74 Å². The van der Waals surface area contributed by atoms with Crippen molar-refractivity contribution in [1.29, 1.82) is 0 Å². The van der Waals surface area contributed by atoms with Crippen LogP contribution in [0.15, 0.2) is 71.8 Å². The van der Waals surface area contributed by atoms with E-state index in [1.54, 1.807) is 6.21 Å². The fourth-order valence-corrected chi connectivity index (χ4v) is 5.38. The molecule has 3 aromatic carbocycles. The number of hydrogen-bond donors (Lipinski definition) is 1. The minimum Gasteiger partial charge on any atom is -0.488 e. The molecule has 0 aliphatic heterocycles. The van der Waals surface area contributed by atoms with Gasteiger partial charge >= 0.3 is 0 Å². The molecule has 2 aliphatic carbocycles. The molecule has 1 N–H and O–H groups in total. The Morgan fingerprint density at radius 3 is 2.77 bits per heavy atom. The van der Waals surface area contributed by atoms with E-state index in [0.717, 1.165) is 23.3 Å². The SMILES string of the molecule is C[C@]12CCCC[C@@H]1[C@@H]2C(=O)N/N=C\c1ccccc1OCc1cccc2ccccc12. The van der Waals surface area contributed by atoms with E-state index in [9.17, 15) is 4.79 Å². The van der Waals surface area contributed by atoms with Crippen LogP contribution in [0.4, 0.5) is 0 Å². The minimum atomic E-state index is 0.0554. The highest BCUT2D eigenvalue weighted by Gasteiger charge is 2.64. The van der Waals surface area contributed by atoms with E-state index in [0.29, 0.717) is 12.5 Å². The highest BCUT2D eigenvalue weighted by Crippen LogP contribution is 2.66. The van der Waals surface area contributed by atoms with Crippen LogP contribution in [0.3, 0.4) is 0 Å². The average molecular weight is 413 g/mol. The molecule has 3 atom stereocenters. The molecular formula is C27H28N2O2. The number of amides is 1. The van der Waals surface area contributed by atoms with Crippen molar-refractivity contribution in [3.63, 3.8) is 0 Å². The van der Waals surface area contributed by atoms with Gasteiger partial charge in [0.2, 0.25) is 5.91 Å². The first-order chi connectivity index (χ1) is 15.2. The summed E-state index contributed by atoms with van der Waals surface area (Å²) in [6.07, 6.45) is 6.49. The molecule has 0 radical (unpaired) electrons. The number of ether oxygens (including phenoxy) is 1. The van der Waals surface area contributed by atoms with Gasteiger partial charge in [-0.1, -0.05) is 74.4 Å². The number of rotatable bonds is 6. The molecule has 3 aromatic rings. The van der Waals surface area contributed by atoms with E-state index < -0.39 is 0 Å². The van der Waals surface area contributed by atoms with Gasteiger partial charge in [-0.2, -0.15) is 5.10 Å². The lowest BCUT2D eigenvalue weighted by molar-refractivity contribution is -0.123. The molecule has 1 amide bonds. The number of para-hydroxylation sites is 1. The molecule has 0 aromatic heterocycles. The summed E-state index contributed by atoms with van der Waals surface area (Å²) in [6.45, 7) is 2.72. The Bertz CT molecular complexity index is 1130. The summed E-state index contributed by atoms with van der Waals surface area (Å²) in [5, 5.41) is 6.65. The number of hydrogen-bond acceptors (Lipinski definition) is 3. The predicted molar refractivity (Wildman–Crippen MR) is 124 cm³/mol. The van der Waals surface area contributed by atoms with E-state index in [1.807, 2.05) is 36.4 Å². The van der Waals surface area contributed by atoms with Crippen molar-refractivity contribution in [3.8, 4) is 5.75 Å². The van der Waals surface area contributed by atoms with Crippen LogP contribution in [0.2, 0.25) is 0 Å². The van der Waals surface area contributed by atoms with Crippen molar-refractivity contribution in [3.05, 3.63) is 77.9 Å². The normalized spacial score (nSPS) is 24.7. The number of nitrogens with zero attached hydrogens (tertiary/aromatic N) is 1. The van der Waals surface area contributed by atoms with Crippen LogP contribution in [0.5, 0.6) is 5.75 Å². The summed E-state index contributed by atoms with van der Waals surface area (Å²) in [5.74, 6) is 1.46. The van der Waals surface area contributed by atoms with Gasteiger partial charge in [0.25, 0.3) is 0 Å². The van der Waals surface area contributed by atoms with Gasteiger partial charge in [-0.25, -0.2) is 5.43 Å². The van der Waals surface area contributed by atoms with Crippen LogP contribution in [0.1, 0.15) is 43.7 Å². The predicted octanol–water partition coefficient (Wildman–Crippen LogP) is 5.70. The fourth-order valence-electron chi connectivity index (χ4n) is 5.38. The van der Waals surface area contributed by atoms with E-state index >= 15 is 0 Å². The van der Waals surface area contributed by atoms with Crippen LogP contribution >= 0.6 is 0 Å². The number of benzene rings is 3. The third kappa shape index (κ3) is 3.83. The molecule has 0 spiro atoms. The first-order valence-electron chi connectivity index (χ1n) is 11.2. The average Bonchev–Trinajstić information content (AvgIpc) is 3.44. The van der Waals surface area contributed by atoms with Gasteiger partial charge in [-0.3, -0.25) is 4.79 Å². The number of fused-ring (bicyclic) bond motifs is 2. The van der Waals surface area contributed by atoms with Crippen LogP contribution in [0.25, 0.3) is 10.8 Å². The molecule has 5 rings (SSSR count). The van der Waals surface area contributed by atoms with Crippen molar-refractivity contribution in [2.75, 3.05) is 0 Å². The lowest BCUT2D eigenvalue weighted by Gasteiger charge is -2.15. The van der Waals surface area contributed by atoms with Crippen molar-refractivity contribution in [1.82, 2.24) is 5.43 Å². The van der Waals surface area contributed by atoms with E-state index in [1.165, 1.54) is 30.0 Å². The summed E-state index contributed by atoms with van der Waals surface area (Å²) in [4.78, 5) is 12.6. The molecule has 2 saturated carbocycles. The highest BCUT2D eigenvalue weighted by atomic mass is 16.5. The van der Waals surface area contributed by atoms with Gasteiger partial charge in [-0.15, -0.1) is 0 Å². The standard InChI is InChI=1S/C27H28N2O2/c1-27-16-7-6-14-23(27)25(27)26(30)29-28-17-20-10-3-5-15-24(20)31-18-21-12-8-11-19-9-2-4-13-22(19)21/h2-5,8-13,15,17,23,25H,6-7,14,16,18H2,1H3,(H,29,30)/b28-17-/t23-,25-,27+/m1/s1. The molecule has 0 unspecified atom stereocenters. The molecule has 0 heterocycles. The second kappa shape index (κ2) is 8.18. The lowest BCUT2D eigenvalue weighted by atomic mass is 9.90. The molecule has 158 valence electrons. The number of nitrogens with one attached hydrogen (secondary N) is 1. The molecule has 0 bridgehead atoms. The molecule has 2 fully saturated rings. The summed E-state index contributed by atoms with van der Waals surface area (Å²) in [5.41, 5.74) is 4.96. The second-order valence-electron chi connectivity index (χ2n) is 9.03. The Labute approximate surface area is 183 Å². The summed E-state index contributed by atoms with van der Waals surface area (Å²) >= 11 is 0. The van der Waals surface area contributed by atoms with Gasteiger partial charge in [0.05, 0.1) is 6.21 Å². The first kappa shape index (κ1) is 19.8. The van der Waals surface area contributed by atoms with Gasteiger partial charge in [-0.05, 0) is 52.6 Å². The topological polar surface area (TPSA) is 50.7 Å². The van der Waals surface area contributed by atoms with Crippen molar-refractivity contribution < 1.29 is 9.53 Å². The van der Waals surface area contributed by atoms with Crippen molar-refractivity contribution in [2.45, 2.75) is 39.2 Å². The van der Waals surface area contributed by atoms with E-state index in [2.05, 4.69) is 47.8 Å². The zero-order valence-electron chi connectivity index (χ0n) is 17.9. The minimum absolute atomic E-state index is 0.0554. The molecule has 4 heteroatoms. The Morgan fingerprint density at radius 2 is 1.90 bits per heavy atom. The maximum Gasteiger partial charge on any atom is 0.244 e. The van der Waals surface area contributed by atoms with Crippen LogP contribution in [0, 0.1) is 17.3 Å². The van der Waals surface area contributed by atoms with E-state index in [-0.39, 0.29) is 17.2 Å².